The summed E-state index contributed by atoms with van der Waals surface area (Å²) in [5.74, 6) is 0. The van der Waals surface area contributed by atoms with E-state index < -0.39 is 0 Å². The van der Waals surface area contributed by atoms with Gasteiger partial charge >= 0.3 is 0 Å². The van der Waals surface area contributed by atoms with Crippen LogP contribution in [0.15, 0.2) is 24.4 Å². The van der Waals surface area contributed by atoms with Gasteiger partial charge < -0.3 is 15.0 Å². The zero-order chi connectivity index (χ0) is 11.5. The average Bonchev–Trinajstić information content (AvgIpc) is 2.66. The molecule has 2 rings (SSSR count). The summed E-state index contributed by atoms with van der Waals surface area (Å²) in [7, 11) is 0. The topological polar surface area (TPSA) is 40.2 Å². The number of anilines is 1. The molecule has 0 fully saturated rings. The highest BCUT2D eigenvalue weighted by Gasteiger charge is 2.09. The fraction of sp³-hybridized carbons (Fsp3) is 0.385. The van der Waals surface area contributed by atoms with Gasteiger partial charge in [-0.25, -0.2) is 0 Å². The molecule has 3 nitrogen and oxygen atoms in total. The predicted molar refractivity (Wildman–Crippen MR) is 67.4 cm³/mol. The Hall–Kier alpha value is -1.48. The third kappa shape index (κ3) is 1.78. The highest BCUT2D eigenvalue weighted by Crippen LogP contribution is 2.27. The van der Waals surface area contributed by atoms with Crippen LogP contribution in [-0.2, 0) is 17.9 Å². The molecule has 0 atom stereocenters. The molecule has 1 aromatic carbocycles. The SMILES string of the molecule is CCOCc1cn(CC)c2cccc(N)c12. The van der Waals surface area contributed by atoms with E-state index in [1.165, 1.54) is 11.1 Å². The Morgan fingerprint density at radius 3 is 2.81 bits per heavy atom. The Morgan fingerprint density at radius 2 is 2.12 bits per heavy atom. The Morgan fingerprint density at radius 1 is 1.31 bits per heavy atom. The second kappa shape index (κ2) is 4.58. The molecule has 2 N–H and O–H groups in total. The Kier molecular flexibility index (Phi) is 3.15. The molecule has 0 aliphatic heterocycles. The van der Waals surface area contributed by atoms with Crippen LogP contribution in [-0.4, -0.2) is 11.2 Å². The quantitative estimate of drug-likeness (QED) is 0.801. The summed E-state index contributed by atoms with van der Waals surface area (Å²) >= 11 is 0. The molecule has 0 saturated carbocycles. The van der Waals surface area contributed by atoms with Crippen LogP contribution < -0.4 is 5.73 Å². The zero-order valence-electron chi connectivity index (χ0n) is 9.86. The van der Waals surface area contributed by atoms with Gasteiger partial charge in [-0.3, -0.25) is 0 Å². The number of hydrogen-bond acceptors (Lipinski definition) is 2. The summed E-state index contributed by atoms with van der Waals surface area (Å²) < 4.78 is 7.68. The number of ether oxygens (including phenoxy) is 1. The van der Waals surface area contributed by atoms with E-state index in [0.717, 1.165) is 24.2 Å². The van der Waals surface area contributed by atoms with Crippen molar-refractivity contribution in [1.82, 2.24) is 4.57 Å². The van der Waals surface area contributed by atoms with Gasteiger partial charge in [-0.2, -0.15) is 0 Å². The predicted octanol–water partition coefficient (Wildman–Crippen LogP) is 2.78. The van der Waals surface area contributed by atoms with E-state index in [9.17, 15) is 0 Å². The second-order valence-corrected chi connectivity index (χ2v) is 3.82. The monoisotopic (exact) mass is 218 g/mol. The third-order valence-corrected chi connectivity index (χ3v) is 2.82. The molecule has 0 bridgehead atoms. The van der Waals surface area contributed by atoms with Gasteiger partial charge in [0.15, 0.2) is 0 Å². The van der Waals surface area contributed by atoms with Gasteiger partial charge in [0, 0.05) is 36.0 Å². The number of aryl methyl sites for hydroxylation is 1. The molecular formula is C13H18N2O. The highest BCUT2D eigenvalue weighted by molar-refractivity contribution is 5.94. The number of rotatable bonds is 4. The summed E-state index contributed by atoms with van der Waals surface area (Å²) in [6.45, 7) is 6.45. The van der Waals surface area contributed by atoms with E-state index in [-0.39, 0.29) is 0 Å². The van der Waals surface area contributed by atoms with Crippen LogP contribution in [0.25, 0.3) is 10.9 Å². The number of nitrogens with two attached hydrogens (primary N) is 1. The Labute approximate surface area is 95.8 Å². The molecule has 16 heavy (non-hydrogen) atoms. The summed E-state index contributed by atoms with van der Waals surface area (Å²) in [6.07, 6.45) is 2.14. The largest absolute Gasteiger partial charge is 0.398 e. The van der Waals surface area contributed by atoms with Crippen molar-refractivity contribution in [2.45, 2.75) is 27.0 Å². The maximum atomic E-state index is 6.03. The van der Waals surface area contributed by atoms with Crippen molar-refractivity contribution >= 4 is 16.6 Å². The summed E-state index contributed by atoms with van der Waals surface area (Å²) in [5, 5.41) is 1.14. The fourth-order valence-corrected chi connectivity index (χ4v) is 2.05. The van der Waals surface area contributed by atoms with Crippen LogP contribution in [0, 0.1) is 0 Å². The fourth-order valence-electron chi connectivity index (χ4n) is 2.05. The molecule has 0 aliphatic carbocycles. The van der Waals surface area contributed by atoms with Crippen molar-refractivity contribution in [1.29, 1.82) is 0 Å². The van der Waals surface area contributed by atoms with E-state index in [0.29, 0.717) is 6.61 Å². The molecule has 3 heteroatoms. The van der Waals surface area contributed by atoms with Crippen molar-refractivity contribution in [3.8, 4) is 0 Å². The number of nitrogen functional groups attached to an aromatic ring is 1. The third-order valence-electron chi connectivity index (χ3n) is 2.82. The lowest BCUT2D eigenvalue weighted by Gasteiger charge is -2.02. The minimum Gasteiger partial charge on any atom is -0.398 e. The van der Waals surface area contributed by atoms with Gasteiger partial charge in [-0.1, -0.05) is 6.07 Å². The van der Waals surface area contributed by atoms with Crippen LogP contribution in [0.5, 0.6) is 0 Å². The van der Waals surface area contributed by atoms with Crippen molar-refractivity contribution in [3.05, 3.63) is 30.0 Å². The summed E-state index contributed by atoms with van der Waals surface area (Å²) in [4.78, 5) is 0. The van der Waals surface area contributed by atoms with Gasteiger partial charge in [-0.15, -0.1) is 0 Å². The van der Waals surface area contributed by atoms with Crippen molar-refractivity contribution in [3.63, 3.8) is 0 Å². The lowest BCUT2D eigenvalue weighted by molar-refractivity contribution is 0.135. The first-order valence-corrected chi connectivity index (χ1v) is 5.71. The van der Waals surface area contributed by atoms with Gasteiger partial charge in [0.05, 0.1) is 12.1 Å². The van der Waals surface area contributed by atoms with Gasteiger partial charge in [0.2, 0.25) is 0 Å². The molecule has 0 amide bonds. The second-order valence-electron chi connectivity index (χ2n) is 3.82. The molecular weight excluding hydrogens is 200 g/mol. The van der Waals surface area contributed by atoms with Crippen molar-refractivity contribution in [2.75, 3.05) is 12.3 Å². The van der Waals surface area contributed by atoms with Gasteiger partial charge in [-0.05, 0) is 26.0 Å². The average molecular weight is 218 g/mol. The van der Waals surface area contributed by atoms with E-state index in [1.54, 1.807) is 0 Å². The first-order chi connectivity index (χ1) is 7.77. The molecule has 0 spiro atoms. The number of fused-ring (bicyclic) bond motifs is 1. The van der Waals surface area contributed by atoms with E-state index >= 15 is 0 Å². The van der Waals surface area contributed by atoms with Gasteiger partial charge in [0.25, 0.3) is 0 Å². The number of nitrogens with zero attached hydrogens (tertiary/aromatic N) is 1. The smallest absolute Gasteiger partial charge is 0.0738 e. The number of hydrogen-bond donors (Lipinski definition) is 1. The van der Waals surface area contributed by atoms with Gasteiger partial charge in [0.1, 0.15) is 0 Å². The zero-order valence-corrected chi connectivity index (χ0v) is 9.86. The molecule has 2 aromatic rings. The summed E-state index contributed by atoms with van der Waals surface area (Å²) in [5.41, 5.74) is 9.23. The number of aromatic nitrogens is 1. The molecule has 1 aromatic heterocycles. The molecule has 0 radical (unpaired) electrons. The van der Waals surface area contributed by atoms with Crippen LogP contribution in [0.4, 0.5) is 5.69 Å². The lowest BCUT2D eigenvalue weighted by Crippen LogP contribution is -1.92. The van der Waals surface area contributed by atoms with Crippen molar-refractivity contribution in [2.24, 2.45) is 0 Å². The molecule has 1 heterocycles. The Bertz CT molecular complexity index is 488. The van der Waals surface area contributed by atoms with Crippen LogP contribution in [0.3, 0.4) is 0 Å². The molecule has 0 aliphatic rings. The van der Waals surface area contributed by atoms with Crippen molar-refractivity contribution < 1.29 is 4.74 Å². The number of benzene rings is 1. The van der Waals surface area contributed by atoms with Crippen LogP contribution >= 0.6 is 0 Å². The first kappa shape index (κ1) is 11.0. The van der Waals surface area contributed by atoms with E-state index in [2.05, 4.69) is 23.8 Å². The molecule has 0 saturated heterocycles. The highest BCUT2D eigenvalue weighted by atomic mass is 16.5. The molecule has 86 valence electrons. The minimum absolute atomic E-state index is 0.633. The summed E-state index contributed by atoms with van der Waals surface area (Å²) in [6, 6.07) is 6.04. The first-order valence-electron chi connectivity index (χ1n) is 5.71. The van der Waals surface area contributed by atoms with E-state index in [1.807, 2.05) is 19.1 Å². The molecule has 0 unspecified atom stereocenters. The maximum Gasteiger partial charge on any atom is 0.0738 e. The maximum absolute atomic E-state index is 6.03. The van der Waals surface area contributed by atoms with E-state index in [4.69, 9.17) is 10.5 Å². The standard InChI is InChI=1S/C13H18N2O/c1-3-15-8-10(9-16-4-2)13-11(14)6-5-7-12(13)15/h5-8H,3-4,9,14H2,1-2H3. The lowest BCUT2D eigenvalue weighted by atomic mass is 10.1. The Balaban J connectivity index is 2.55. The normalized spacial score (nSPS) is 11.1. The minimum atomic E-state index is 0.633. The van der Waals surface area contributed by atoms with Crippen LogP contribution in [0.1, 0.15) is 19.4 Å². The van der Waals surface area contributed by atoms with Crippen LogP contribution in [0.2, 0.25) is 0 Å².